The molecule has 0 saturated heterocycles. The van der Waals surface area contributed by atoms with E-state index in [4.69, 9.17) is 0 Å². The topological polar surface area (TPSA) is 37.8 Å². The van der Waals surface area contributed by atoms with Crippen LogP contribution in [-0.4, -0.2) is 9.97 Å². The monoisotopic (exact) mass is 269 g/mol. The highest BCUT2D eigenvalue weighted by molar-refractivity contribution is 7.09. The van der Waals surface area contributed by atoms with Gasteiger partial charge in [-0.2, -0.15) is 0 Å². The number of aromatic nitrogens is 2. The number of fused-ring (bicyclic) bond motifs is 1. The summed E-state index contributed by atoms with van der Waals surface area (Å²) < 4.78 is 0. The molecule has 4 heteroatoms. The molecular weight excluding hydrogens is 254 g/mol. The van der Waals surface area contributed by atoms with E-state index in [1.54, 1.807) is 11.3 Å². The largest absolute Gasteiger partial charge is 0.308 e. The standard InChI is InChI=1S/C15H15N3S/c1-11-15(19-10-18-11)9-16-8-12-4-5-14-13(7-12)3-2-6-17-14/h2-7,10,16H,8-9H2,1H3. The molecule has 0 unspecified atom stereocenters. The Labute approximate surface area is 116 Å². The summed E-state index contributed by atoms with van der Waals surface area (Å²) in [6.45, 7) is 3.79. The summed E-state index contributed by atoms with van der Waals surface area (Å²) in [5.74, 6) is 0. The van der Waals surface area contributed by atoms with Crippen LogP contribution in [0.5, 0.6) is 0 Å². The fourth-order valence-electron chi connectivity index (χ4n) is 2.05. The first-order chi connectivity index (χ1) is 9.33. The van der Waals surface area contributed by atoms with Crippen LogP contribution in [0.1, 0.15) is 16.1 Å². The number of nitrogens with zero attached hydrogens (tertiary/aromatic N) is 2. The molecular formula is C15H15N3S. The van der Waals surface area contributed by atoms with Crippen LogP contribution in [0.3, 0.4) is 0 Å². The molecule has 0 saturated carbocycles. The van der Waals surface area contributed by atoms with Gasteiger partial charge < -0.3 is 5.32 Å². The van der Waals surface area contributed by atoms with Crippen LogP contribution in [0.2, 0.25) is 0 Å². The lowest BCUT2D eigenvalue weighted by Gasteiger charge is -2.05. The molecule has 19 heavy (non-hydrogen) atoms. The van der Waals surface area contributed by atoms with Crippen molar-refractivity contribution in [2.75, 3.05) is 0 Å². The lowest BCUT2D eigenvalue weighted by molar-refractivity contribution is 0.697. The van der Waals surface area contributed by atoms with E-state index in [2.05, 4.69) is 46.5 Å². The molecule has 1 aromatic carbocycles. The third-order valence-corrected chi connectivity index (χ3v) is 4.06. The second-order valence-corrected chi connectivity index (χ2v) is 5.43. The number of rotatable bonds is 4. The highest BCUT2D eigenvalue weighted by Crippen LogP contribution is 2.14. The summed E-state index contributed by atoms with van der Waals surface area (Å²) in [5, 5.41) is 4.65. The van der Waals surface area contributed by atoms with Crippen LogP contribution < -0.4 is 5.32 Å². The predicted octanol–water partition coefficient (Wildman–Crippen LogP) is 3.29. The number of nitrogens with one attached hydrogen (secondary N) is 1. The van der Waals surface area contributed by atoms with Crippen molar-refractivity contribution in [2.24, 2.45) is 0 Å². The second kappa shape index (κ2) is 5.47. The minimum Gasteiger partial charge on any atom is -0.308 e. The summed E-state index contributed by atoms with van der Waals surface area (Å²) in [4.78, 5) is 9.89. The molecule has 0 aliphatic carbocycles. The Morgan fingerprint density at radius 2 is 2.11 bits per heavy atom. The lowest BCUT2D eigenvalue weighted by atomic mass is 10.1. The zero-order valence-electron chi connectivity index (χ0n) is 10.8. The van der Waals surface area contributed by atoms with Crippen LogP contribution >= 0.6 is 11.3 Å². The van der Waals surface area contributed by atoms with Gasteiger partial charge in [0.05, 0.1) is 16.7 Å². The molecule has 2 heterocycles. The van der Waals surface area contributed by atoms with Crippen molar-refractivity contribution in [3.05, 3.63) is 58.2 Å². The normalized spacial score (nSPS) is 11.0. The Bertz CT molecular complexity index is 690. The maximum atomic E-state index is 4.33. The number of thiazole rings is 1. The SMILES string of the molecule is Cc1ncsc1CNCc1ccc2ncccc2c1. The Hall–Kier alpha value is -1.78. The number of hydrogen-bond donors (Lipinski definition) is 1. The van der Waals surface area contributed by atoms with E-state index in [-0.39, 0.29) is 0 Å². The summed E-state index contributed by atoms with van der Waals surface area (Å²) >= 11 is 1.70. The third-order valence-electron chi connectivity index (χ3n) is 3.13. The minimum absolute atomic E-state index is 0.863. The molecule has 0 aliphatic heterocycles. The Morgan fingerprint density at radius 1 is 1.16 bits per heavy atom. The van der Waals surface area contributed by atoms with Gasteiger partial charge in [0.15, 0.2) is 0 Å². The number of benzene rings is 1. The van der Waals surface area contributed by atoms with Crippen molar-refractivity contribution in [1.82, 2.24) is 15.3 Å². The van der Waals surface area contributed by atoms with Crippen molar-refractivity contribution < 1.29 is 0 Å². The van der Waals surface area contributed by atoms with E-state index < -0.39 is 0 Å². The average Bonchev–Trinajstić information content (AvgIpc) is 2.84. The van der Waals surface area contributed by atoms with Gasteiger partial charge in [-0.25, -0.2) is 4.98 Å². The van der Waals surface area contributed by atoms with Gasteiger partial charge in [0, 0.05) is 29.5 Å². The summed E-state index contributed by atoms with van der Waals surface area (Å²) in [6.07, 6.45) is 1.83. The molecule has 0 atom stereocenters. The van der Waals surface area contributed by atoms with Crippen molar-refractivity contribution in [3.8, 4) is 0 Å². The van der Waals surface area contributed by atoms with E-state index in [0.717, 1.165) is 24.3 Å². The smallest absolute Gasteiger partial charge is 0.0798 e. The van der Waals surface area contributed by atoms with Gasteiger partial charge in [0.25, 0.3) is 0 Å². The van der Waals surface area contributed by atoms with Crippen molar-refractivity contribution >= 4 is 22.2 Å². The number of pyridine rings is 1. The van der Waals surface area contributed by atoms with Crippen molar-refractivity contribution in [1.29, 1.82) is 0 Å². The molecule has 0 spiro atoms. The molecule has 2 aromatic heterocycles. The quantitative estimate of drug-likeness (QED) is 0.789. The molecule has 3 aromatic rings. The third kappa shape index (κ3) is 2.80. The predicted molar refractivity (Wildman–Crippen MR) is 79.1 cm³/mol. The molecule has 96 valence electrons. The van der Waals surface area contributed by atoms with Crippen LogP contribution in [0.25, 0.3) is 10.9 Å². The van der Waals surface area contributed by atoms with Gasteiger partial charge in [-0.1, -0.05) is 12.1 Å². The average molecular weight is 269 g/mol. The first-order valence-electron chi connectivity index (χ1n) is 6.26. The number of hydrogen-bond acceptors (Lipinski definition) is 4. The molecule has 0 fully saturated rings. The van der Waals surface area contributed by atoms with Crippen molar-refractivity contribution in [3.63, 3.8) is 0 Å². The minimum atomic E-state index is 0.863. The molecule has 0 amide bonds. The van der Waals surface area contributed by atoms with Gasteiger partial charge in [0.1, 0.15) is 0 Å². The number of aryl methyl sites for hydroxylation is 1. The summed E-state index contributed by atoms with van der Waals surface area (Å²) in [5.41, 5.74) is 5.35. The van der Waals surface area contributed by atoms with E-state index in [1.165, 1.54) is 15.8 Å². The second-order valence-electron chi connectivity index (χ2n) is 4.49. The van der Waals surface area contributed by atoms with Crippen molar-refractivity contribution in [2.45, 2.75) is 20.0 Å². The molecule has 0 radical (unpaired) electrons. The lowest BCUT2D eigenvalue weighted by Crippen LogP contribution is -2.12. The van der Waals surface area contributed by atoms with E-state index in [0.29, 0.717) is 0 Å². The molecule has 1 N–H and O–H groups in total. The first-order valence-corrected chi connectivity index (χ1v) is 7.14. The van der Waals surface area contributed by atoms with E-state index in [1.807, 2.05) is 17.8 Å². The Kier molecular flexibility index (Phi) is 3.53. The Balaban J connectivity index is 1.67. The Morgan fingerprint density at radius 3 is 2.95 bits per heavy atom. The molecule has 0 bridgehead atoms. The maximum absolute atomic E-state index is 4.33. The summed E-state index contributed by atoms with van der Waals surface area (Å²) in [7, 11) is 0. The van der Waals surface area contributed by atoms with Gasteiger partial charge in [-0.3, -0.25) is 4.98 Å². The van der Waals surface area contributed by atoms with Crippen LogP contribution in [0.4, 0.5) is 0 Å². The van der Waals surface area contributed by atoms with Gasteiger partial charge >= 0.3 is 0 Å². The van der Waals surface area contributed by atoms with Gasteiger partial charge in [-0.15, -0.1) is 11.3 Å². The van der Waals surface area contributed by atoms with Crippen LogP contribution in [0, 0.1) is 6.92 Å². The van der Waals surface area contributed by atoms with Gasteiger partial charge in [0.2, 0.25) is 0 Å². The molecule has 0 aliphatic rings. The first kappa shape index (κ1) is 12.3. The van der Waals surface area contributed by atoms with E-state index >= 15 is 0 Å². The maximum Gasteiger partial charge on any atom is 0.0798 e. The summed E-state index contributed by atoms with van der Waals surface area (Å²) in [6, 6.07) is 10.5. The highest BCUT2D eigenvalue weighted by atomic mass is 32.1. The fraction of sp³-hybridized carbons (Fsp3) is 0.200. The van der Waals surface area contributed by atoms with Crippen LogP contribution in [0.15, 0.2) is 42.0 Å². The van der Waals surface area contributed by atoms with E-state index in [9.17, 15) is 0 Å². The molecule has 3 nitrogen and oxygen atoms in total. The van der Waals surface area contributed by atoms with Crippen LogP contribution in [-0.2, 0) is 13.1 Å². The zero-order chi connectivity index (χ0) is 13.1. The fourth-order valence-corrected chi connectivity index (χ4v) is 2.80. The molecule has 3 rings (SSSR count). The van der Waals surface area contributed by atoms with Gasteiger partial charge in [-0.05, 0) is 30.7 Å². The zero-order valence-corrected chi connectivity index (χ0v) is 11.6. The highest BCUT2D eigenvalue weighted by Gasteiger charge is 2.01.